The summed E-state index contributed by atoms with van der Waals surface area (Å²) in [5, 5.41) is 0. The van der Waals surface area contributed by atoms with Gasteiger partial charge in [-0.25, -0.2) is 9.38 Å². The standard InChI is InChI=1S/C14H14FN3O/c1-3-17-14-9-11(6-7-18(14)2)19-10-4-5-13(16)12(15)8-10/h3-9H,1,16H2,2H3. The first-order valence-corrected chi connectivity index (χ1v) is 5.64. The first kappa shape index (κ1) is 12.9. The second-order valence-corrected chi connectivity index (χ2v) is 3.93. The molecule has 0 atom stereocenters. The van der Waals surface area contributed by atoms with E-state index in [1.165, 1.54) is 18.3 Å². The lowest BCUT2D eigenvalue weighted by atomic mass is 10.3. The van der Waals surface area contributed by atoms with E-state index in [2.05, 4.69) is 11.6 Å². The fourth-order valence-corrected chi connectivity index (χ4v) is 1.53. The number of pyridine rings is 1. The van der Waals surface area contributed by atoms with E-state index in [0.29, 0.717) is 17.0 Å². The highest BCUT2D eigenvalue weighted by atomic mass is 19.1. The molecule has 1 aromatic carbocycles. The van der Waals surface area contributed by atoms with E-state index in [1.807, 2.05) is 11.6 Å². The van der Waals surface area contributed by atoms with Crippen LogP contribution in [0, 0.1) is 5.82 Å². The summed E-state index contributed by atoms with van der Waals surface area (Å²) in [5.41, 5.74) is 6.18. The third-order valence-corrected chi connectivity index (χ3v) is 2.53. The molecule has 0 amide bonds. The van der Waals surface area contributed by atoms with Crippen molar-refractivity contribution >= 4 is 5.69 Å². The Labute approximate surface area is 110 Å². The van der Waals surface area contributed by atoms with E-state index in [1.54, 1.807) is 24.4 Å². The summed E-state index contributed by atoms with van der Waals surface area (Å²) in [4.78, 5) is 4.09. The average Bonchev–Trinajstić information content (AvgIpc) is 2.38. The maximum absolute atomic E-state index is 13.3. The van der Waals surface area contributed by atoms with Crippen LogP contribution >= 0.6 is 0 Å². The molecule has 5 heteroatoms. The van der Waals surface area contributed by atoms with Gasteiger partial charge in [-0.1, -0.05) is 6.58 Å². The number of ether oxygens (including phenoxy) is 1. The topological polar surface area (TPSA) is 52.5 Å². The van der Waals surface area contributed by atoms with E-state index in [9.17, 15) is 4.39 Å². The smallest absolute Gasteiger partial charge is 0.149 e. The van der Waals surface area contributed by atoms with Gasteiger partial charge >= 0.3 is 0 Å². The normalized spacial score (nSPS) is 11.4. The highest BCUT2D eigenvalue weighted by Crippen LogP contribution is 2.23. The van der Waals surface area contributed by atoms with Crippen LogP contribution in [0.5, 0.6) is 11.5 Å². The van der Waals surface area contributed by atoms with Gasteiger partial charge in [0.25, 0.3) is 0 Å². The molecule has 2 rings (SSSR count). The molecule has 0 saturated heterocycles. The molecule has 0 bridgehead atoms. The lowest BCUT2D eigenvalue weighted by Gasteiger charge is -2.08. The summed E-state index contributed by atoms with van der Waals surface area (Å²) in [6.45, 7) is 3.55. The van der Waals surface area contributed by atoms with Crippen LogP contribution in [-0.2, 0) is 7.05 Å². The lowest BCUT2D eigenvalue weighted by Crippen LogP contribution is -2.15. The zero-order valence-electron chi connectivity index (χ0n) is 10.5. The molecule has 0 aliphatic heterocycles. The number of aryl methyl sites for hydroxylation is 1. The Morgan fingerprint density at radius 1 is 1.32 bits per heavy atom. The van der Waals surface area contributed by atoms with E-state index < -0.39 is 5.82 Å². The Hall–Kier alpha value is -2.56. The van der Waals surface area contributed by atoms with E-state index >= 15 is 0 Å². The number of hydrogen-bond acceptors (Lipinski definition) is 3. The fourth-order valence-electron chi connectivity index (χ4n) is 1.53. The Bertz CT molecular complexity index is 677. The molecule has 0 aliphatic carbocycles. The number of rotatable bonds is 3. The van der Waals surface area contributed by atoms with Gasteiger partial charge in [-0.3, -0.25) is 0 Å². The maximum Gasteiger partial charge on any atom is 0.149 e. The summed E-state index contributed by atoms with van der Waals surface area (Å²) in [5.74, 6) is 0.433. The van der Waals surface area contributed by atoms with Crippen molar-refractivity contribution in [3.8, 4) is 11.5 Å². The number of nitrogens with zero attached hydrogens (tertiary/aromatic N) is 2. The highest BCUT2D eigenvalue weighted by Gasteiger charge is 2.02. The van der Waals surface area contributed by atoms with Gasteiger partial charge in [0.15, 0.2) is 0 Å². The summed E-state index contributed by atoms with van der Waals surface area (Å²) in [6, 6.07) is 7.80. The summed E-state index contributed by atoms with van der Waals surface area (Å²) < 4.78 is 20.7. The quantitative estimate of drug-likeness (QED) is 0.861. The Morgan fingerprint density at radius 2 is 2.05 bits per heavy atom. The largest absolute Gasteiger partial charge is 0.457 e. The van der Waals surface area contributed by atoms with Crippen molar-refractivity contribution in [1.82, 2.24) is 4.57 Å². The first-order chi connectivity index (χ1) is 9.10. The minimum Gasteiger partial charge on any atom is -0.457 e. The Kier molecular flexibility index (Phi) is 3.66. The number of benzene rings is 1. The highest BCUT2D eigenvalue weighted by molar-refractivity contribution is 5.44. The summed E-state index contributed by atoms with van der Waals surface area (Å²) in [6.07, 6.45) is 3.24. The average molecular weight is 259 g/mol. The van der Waals surface area contributed by atoms with Crippen LogP contribution in [-0.4, -0.2) is 4.57 Å². The number of anilines is 1. The third-order valence-electron chi connectivity index (χ3n) is 2.53. The molecule has 0 saturated carbocycles. The van der Waals surface area contributed by atoms with Crippen molar-refractivity contribution in [3.63, 3.8) is 0 Å². The molecule has 0 aliphatic rings. The number of nitrogens with two attached hydrogens (primary N) is 1. The monoisotopic (exact) mass is 259 g/mol. The molecule has 2 N–H and O–H groups in total. The third kappa shape index (κ3) is 3.01. The number of aromatic nitrogens is 1. The molecule has 0 spiro atoms. The molecule has 0 unspecified atom stereocenters. The molecular weight excluding hydrogens is 245 g/mol. The van der Waals surface area contributed by atoms with Gasteiger partial charge in [-0.05, 0) is 18.2 Å². The second kappa shape index (κ2) is 5.39. The van der Waals surface area contributed by atoms with Gasteiger partial charge in [0.05, 0.1) is 5.69 Å². The van der Waals surface area contributed by atoms with Gasteiger partial charge in [0, 0.05) is 31.6 Å². The minimum absolute atomic E-state index is 0.0918. The molecule has 2 aromatic rings. The van der Waals surface area contributed by atoms with Crippen molar-refractivity contribution in [3.05, 3.63) is 60.6 Å². The van der Waals surface area contributed by atoms with Crippen molar-refractivity contribution in [2.45, 2.75) is 0 Å². The van der Waals surface area contributed by atoms with Gasteiger partial charge in [-0.2, -0.15) is 0 Å². The zero-order valence-corrected chi connectivity index (χ0v) is 10.5. The van der Waals surface area contributed by atoms with Gasteiger partial charge in [0.2, 0.25) is 0 Å². The van der Waals surface area contributed by atoms with E-state index in [0.717, 1.165) is 0 Å². The van der Waals surface area contributed by atoms with Crippen LogP contribution in [0.1, 0.15) is 0 Å². The molecule has 1 heterocycles. The van der Waals surface area contributed by atoms with Crippen LogP contribution in [0.4, 0.5) is 10.1 Å². The molecule has 98 valence electrons. The molecule has 4 nitrogen and oxygen atoms in total. The molecule has 19 heavy (non-hydrogen) atoms. The van der Waals surface area contributed by atoms with Crippen molar-refractivity contribution in [2.75, 3.05) is 5.73 Å². The molecule has 0 fully saturated rings. The summed E-state index contributed by atoms with van der Waals surface area (Å²) >= 11 is 0. The Balaban J connectivity index is 2.33. The second-order valence-electron chi connectivity index (χ2n) is 3.93. The van der Waals surface area contributed by atoms with E-state index in [-0.39, 0.29) is 5.69 Å². The first-order valence-electron chi connectivity index (χ1n) is 5.64. The molecule has 0 radical (unpaired) electrons. The van der Waals surface area contributed by atoms with Gasteiger partial charge in [-0.15, -0.1) is 0 Å². The SMILES string of the molecule is C=CN=c1cc(Oc2ccc(N)c(F)c2)ccn1C. The van der Waals surface area contributed by atoms with Crippen LogP contribution in [0.3, 0.4) is 0 Å². The number of nitrogen functional groups attached to an aromatic ring is 1. The van der Waals surface area contributed by atoms with E-state index in [4.69, 9.17) is 10.5 Å². The van der Waals surface area contributed by atoms with Crippen molar-refractivity contribution < 1.29 is 9.13 Å². The minimum atomic E-state index is -0.505. The predicted molar refractivity (Wildman–Crippen MR) is 72.1 cm³/mol. The van der Waals surface area contributed by atoms with Crippen LogP contribution < -0.4 is 16.0 Å². The number of halogens is 1. The number of hydrogen-bond donors (Lipinski definition) is 1. The molecular formula is C14H14FN3O. The fraction of sp³-hybridized carbons (Fsp3) is 0.0714. The predicted octanol–water partition coefficient (Wildman–Crippen LogP) is 2.58. The van der Waals surface area contributed by atoms with Crippen molar-refractivity contribution in [2.24, 2.45) is 12.0 Å². The van der Waals surface area contributed by atoms with Crippen LogP contribution in [0.15, 0.2) is 54.3 Å². The van der Waals surface area contributed by atoms with Gasteiger partial charge < -0.3 is 15.0 Å². The van der Waals surface area contributed by atoms with Crippen LogP contribution in [0.2, 0.25) is 0 Å². The zero-order chi connectivity index (χ0) is 13.8. The van der Waals surface area contributed by atoms with Gasteiger partial charge in [0.1, 0.15) is 22.8 Å². The maximum atomic E-state index is 13.3. The summed E-state index contributed by atoms with van der Waals surface area (Å²) in [7, 11) is 1.86. The van der Waals surface area contributed by atoms with Crippen molar-refractivity contribution in [1.29, 1.82) is 0 Å². The molecule has 1 aromatic heterocycles. The lowest BCUT2D eigenvalue weighted by molar-refractivity contribution is 0.474. The van der Waals surface area contributed by atoms with Crippen LogP contribution in [0.25, 0.3) is 0 Å². The Morgan fingerprint density at radius 3 is 2.74 bits per heavy atom.